The quantitative estimate of drug-likeness (QED) is 0.494. The van der Waals surface area contributed by atoms with Crippen molar-refractivity contribution >= 4 is 5.97 Å². The number of carboxylic acids is 1. The van der Waals surface area contributed by atoms with Gasteiger partial charge in [0.1, 0.15) is 6.42 Å². The van der Waals surface area contributed by atoms with Gasteiger partial charge in [-0.2, -0.15) is 0 Å². The molecular formula is C16H24O2. The Hall–Kier alpha value is -1.41. The molecule has 18 heavy (non-hydrogen) atoms. The molecule has 1 N–H and O–H groups in total. The van der Waals surface area contributed by atoms with Crippen LogP contribution in [-0.2, 0) is 4.79 Å². The summed E-state index contributed by atoms with van der Waals surface area (Å²) in [4.78, 5) is 10.1. The first-order valence-corrected chi connectivity index (χ1v) is 6.95. The van der Waals surface area contributed by atoms with Gasteiger partial charge in [0.2, 0.25) is 0 Å². The summed E-state index contributed by atoms with van der Waals surface area (Å²) in [6.07, 6.45) is 11.2. The van der Waals surface area contributed by atoms with Crippen molar-refractivity contribution in [2.24, 2.45) is 0 Å². The Morgan fingerprint density at radius 1 is 0.889 bits per heavy atom. The Balaban J connectivity index is 3.26. The largest absolute Gasteiger partial charge is 0.481 e. The van der Waals surface area contributed by atoms with E-state index in [2.05, 4.69) is 30.6 Å². The lowest BCUT2D eigenvalue weighted by Crippen LogP contribution is -1.89. The maximum absolute atomic E-state index is 10.1. The minimum Gasteiger partial charge on any atom is -0.481 e. The highest BCUT2D eigenvalue weighted by atomic mass is 16.4. The predicted molar refractivity (Wildman–Crippen MR) is 75.0 cm³/mol. The van der Waals surface area contributed by atoms with E-state index in [1.54, 1.807) is 0 Å². The van der Waals surface area contributed by atoms with Crippen LogP contribution < -0.4 is 0 Å². The molecule has 0 spiro atoms. The first kappa shape index (κ1) is 16.6. The van der Waals surface area contributed by atoms with Crippen LogP contribution >= 0.6 is 0 Å². The van der Waals surface area contributed by atoms with Gasteiger partial charge in [0.15, 0.2) is 0 Å². The molecule has 0 unspecified atom stereocenters. The molecule has 0 aromatic heterocycles. The molecule has 0 saturated heterocycles. The third-order valence-corrected chi connectivity index (χ3v) is 2.63. The van der Waals surface area contributed by atoms with E-state index in [9.17, 15) is 4.79 Å². The summed E-state index contributed by atoms with van der Waals surface area (Å²) >= 11 is 0. The molecule has 2 nitrogen and oxygen atoms in total. The monoisotopic (exact) mass is 248 g/mol. The number of rotatable bonds is 9. The van der Waals surface area contributed by atoms with Gasteiger partial charge in [0.05, 0.1) is 0 Å². The molecule has 0 aliphatic rings. The van der Waals surface area contributed by atoms with E-state index in [0.717, 1.165) is 12.8 Å². The average Bonchev–Trinajstić information content (AvgIpc) is 2.34. The number of carboxylic acid groups (broad SMARTS) is 1. The van der Waals surface area contributed by atoms with Crippen molar-refractivity contribution in [1.29, 1.82) is 0 Å². The first-order chi connectivity index (χ1) is 8.77. The molecule has 0 heterocycles. The fraction of sp³-hybridized carbons (Fsp3) is 0.688. The SMILES string of the molecule is CCCCCCCCCCC#CC#CCC(=O)O. The van der Waals surface area contributed by atoms with E-state index in [1.165, 1.54) is 44.9 Å². The fourth-order valence-corrected chi connectivity index (χ4v) is 1.62. The molecule has 100 valence electrons. The van der Waals surface area contributed by atoms with Crippen LogP contribution in [0.15, 0.2) is 0 Å². The summed E-state index contributed by atoms with van der Waals surface area (Å²) in [5.74, 6) is 9.79. The highest BCUT2D eigenvalue weighted by Crippen LogP contribution is 2.08. The third-order valence-electron chi connectivity index (χ3n) is 2.63. The minimum absolute atomic E-state index is 0.119. The third kappa shape index (κ3) is 14.6. The van der Waals surface area contributed by atoms with Crippen LogP contribution in [0.2, 0.25) is 0 Å². The zero-order valence-corrected chi connectivity index (χ0v) is 11.4. The van der Waals surface area contributed by atoms with Gasteiger partial charge in [-0.3, -0.25) is 4.79 Å². The molecule has 0 atom stereocenters. The van der Waals surface area contributed by atoms with Crippen molar-refractivity contribution in [2.75, 3.05) is 0 Å². The number of unbranched alkanes of at least 4 members (excludes halogenated alkanes) is 8. The lowest BCUT2D eigenvalue weighted by molar-refractivity contribution is -0.135. The summed E-state index contributed by atoms with van der Waals surface area (Å²) in [5.41, 5.74) is 0. The van der Waals surface area contributed by atoms with Crippen LogP contribution in [0, 0.1) is 23.7 Å². The van der Waals surface area contributed by atoms with Gasteiger partial charge in [0.25, 0.3) is 0 Å². The molecule has 2 heteroatoms. The standard InChI is InChI=1S/C16H24O2/c1-2-3-4-5-6-7-8-9-10-11-12-13-14-15-16(17)18/h2-10,15H2,1H3,(H,17,18). The van der Waals surface area contributed by atoms with Gasteiger partial charge >= 0.3 is 5.97 Å². The minimum atomic E-state index is -0.896. The second-order valence-corrected chi connectivity index (χ2v) is 4.40. The van der Waals surface area contributed by atoms with Gasteiger partial charge in [-0.25, -0.2) is 0 Å². The Morgan fingerprint density at radius 3 is 2.06 bits per heavy atom. The summed E-state index contributed by atoms with van der Waals surface area (Å²) in [6, 6.07) is 0. The van der Waals surface area contributed by atoms with Crippen LogP contribution in [0.25, 0.3) is 0 Å². The molecular weight excluding hydrogens is 224 g/mol. The predicted octanol–water partition coefficient (Wildman–Crippen LogP) is 4.00. The maximum Gasteiger partial charge on any atom is 0.315 e. The number of carbonyl (C=O) groups is 1. The molecule has 0 aromatic rings. The van der Waals surface area contributed by atoms with Crippen molar-refractivity contribution in [3.8, 4) is 23.7 Å². The molecule has 0 aliphatic carbocycles. The molecule has 0 amide bonds. The lowest BCUT2D eigenvalue weighted by Gasteiger charge is -1.98. The Bertz CT molecular complexity index is 322. The van der Waals surface area contributed by atoms with E-state index >= 15 is 0 Å². The van der Waals surface area contributed by atoms with Crippen molar-refractivity contribution in [3.05, 3.63) is 0 Å². The van der Waals surface area contributed by atoms with E-state index in [-0.39, 0.29) is 6.42 Å². The normalized spacial score (nSPS) is 8.94. The first-order valence-electron chi connectivity index (χ1n) is 6.95. The van der Waals surface area contributed by atoms with Gasteiger partial charge < -0.3 is 5.11 Å². The van der Waals surface area contributed by atoms with Crippen LogP contribution in [0.1, 0.15) is 71.1 Å². The zero-order chi connectivity index (χ0) is 13.5. The number of hydrogen-bond donors (Lipinski definition) is 1. The van der Waals surface area contributed by atoms with Crippen molar-refractivity contribution in [1.82, 2.24) is 0 Å². The smallest absolute Gasteiger partial charge is 0.315 e. The van der Waals surface area contributed by atoms with Crippen LogP contribution in [0.3, 0.4) is 0 Å². The zero-order valence-electron chi connectivity index (χ0n) is 11.4. The summed E-state index contributed by atoms with van der Waals surface area (Å²) in [6.45, 7) is 2.23. The topological polar surface area (TPSA) is 37.3 Å². The molecule has 0 rings (SSSR count). The Labute approximate surface area is 111 Å². The van der Waals surface area contributed by atoms with E-state index in [4.69, 9.17) is 5.11 Å². The second kappa shape index (κ2) is 13.7. The molecule has 0 saturated carbocycles. The van der Waals surface area contributed by atoms with Gasteiger partial charge in [-0.05, 0) is 18.3 Å². The second-order valence-electron chi connectivity index (χ2n) is 4.40. The highest BCUT2D eigenvalue weighted by Gasteiger charge is 1.90. The highest BCUT2D eigenvalue weighted by molar-refractivity contribution is 5.70. The van der Waals surface area contributed by atoms with Gasteiger partial charge in [-0.15, -0.1) is 0 Å². The van der Waals surface area contributed by atoms with E-state index in [1.807, 2.05) is 0 Å². The maximum atomic E-state index is 10.1. The molecule has 0 fully saturated rings. The Kier molecular flexibility index (Phi) is 12.6. The Morgan fingerprint density at radius 2 is 1.44 bits per heavy atom. The molecule has 0 aliphatic heterocycles. The van der Waals surface area contributed by atoms with Crippen LogP contribution in [0.4, 0.5) is 0 Å². The summed E-state index contributed by atoms with van der Waals surface area (Å²) < 4.78 is 0. The lowest BCUT2D eigenvalue weighted by atomic mass is 10.1. The van der Waals surface area contributed by atoms with Gasteiger partial charge in [-0.1, -0.05) is 63.7 Å². The summed E-state index contributed by atoms with van der Waals surface area (Å²) in [7, 11) is 0. The fourth-order valence-electron chi connectivity index (χ4n) is 1.62. The summed E-state index contributed by atoms with van der Waals surface area (Å²) in [5, 5.41) is 8.34. The van der Waals surface area contributed by atoms with E-state index < -0.39 is 5.97 Å². The van der Waals surface area contributed by atoms with E-state index in [0.29, 0.717) is 0 Å². The van der Waals surface area contributed by atoms with Crippen LogP contribution in [0.5, 0.6) is 0 Å². The van der Waals surface area contributed by atoms with Crippen molar-refractivity contribution < 1.29 is 9.90 Å². The number of aliphatic carboxylic acids is 1. The van der Waals surface area contributed by atoms with Crippen molar-refractivity contribution in [2.45, 2.75) is 71.1 Å². The van der Waals surface area contributed by atoms with Crippen LogP contribution in [-0.4, -0.2) is 11.1 Å². The number of hydrogen-bond acceptors (Lipinski definition) is 1. The average molecular weight is 248 g/mol. The molecule has 0 bridgehead atoms. The molecule has 0 aromatic carbocycles. The van der Waals surface area contributed by atoms with Gasteiger partial charge in [0, 0.05) is 6.42 Å². The van der Waals surface area contributed by atoms with Crippen molar-refractivity contribution in [3.63, 3.8) is 0 Å². The molecule has 0 radical (unpaired) electrons.